The first-order chi connectivity index (χ1) is 3.46. The fourth-order valence-electron chi connectivity index (χ4n) is 0. The van der Waals surface area contributed by atoms with Crippen LogP contribution in [0.25, 0.3) is 0 Å². The fraction of sp³-hybridized carbons (Fsp3) is 0. The van der Waals surface area contributed by atoms with E-state index in [1.165, 1.54) is 0 Å². The van der Waals surface area contributed by atoms with E-state index < -0.39 is 14.6 Å². The van der Waals surface area contributed by atoms with Crippen molar-refractivity contribution in [1.29, 1.82) is 0 Å². The predicted octanol–water partition coefficient (Wildman–Crippen LogP) is -9.97. The Balaban J connectivity index is -0.00000000468. The van der Waals surface area contributed by atoms with Crippen LogP contribution in [0.2, 0.25) is 0 Å². The minimum atomic E-state index is -2.17. The Morgan fingerprint density at radius 1 is 0.400 bits per heavy atom. The summed E-state index contributed by atoms with van der Waals surface area (Å²) in [6.45, 7) is 0. The van der Waals surface area contributed by atoms with Crippen LogP contribution in [-0.4, -0.2) is 115 Å². The fourth-order valence-corrected chi connectivity index (χ4v) is 0. The molecule has 0 fully saturated rings. The summed E-state index contributed by atoms with van der Waals surface area (Å²) in [5, 5.41) is 43.0. The van der Waals surface area contributed by atoms with E-state index in [1.54, 1.807) is 0 Å². The van der Waals surface area contributed by atoms with E-state index in [4.69, 9.17) is 30.1 Å². The molecule has 0 bridgehead atoms. The quantitative estimate of drug-likeness (QED) is 0.232. The molecule has 0 heterocycles. The van der Waals surface area contributed by atoms with Gasteiger partial charge >= 0.3 is 52.4 Å². The molecule has 15 heteroatoms. The van der Waals surface area contributed by atoms with Crippen LogP contribution >= 0.6 is 0 Å². The van der Waals surface area contributed by atoms with Gasteiger partial charge in [-0.05, 0) is 0 Å². The first-order valence-electron chi connectivity index (χ1n) is 1.55. The molecule has 0 saturated heterocycles. The minimum absolute atomic E-state index is 0. The molecule has 15 heavy (non-hydrogen) atoms. The Labute approximate surface area is 115 Å². The average Bonchev–Trinajstić information content (AvgIpc) is 1.25. The van der Waals surface area contributed by atoms with Crippen molar-refractivity contribution in [2.24, 2.45) is 0 Å². The Morgan fingerprint density at radius 2 is 0.400 bits per heavy atom. The molecule has 0 aliphatic rings. The summed E-state index contributed by atoms with van der Waals surface area (Å²) in [7, 11) is -4.33. The van der Waals surface area contributed by atoms with Crippen LogP contribution < -0.4 is 0 Å². The van der Waals surface area contributed by atoms with Gasteiger partial charge in [0.1, 0.15) is 0 Å². The summed E-state index contributed by atoms with van der Waals surface area (Å²) in [5.74, 6) is 0. The van der Waals surface area contributed by atoms with E-state index in [0.717, 1.165) is 0 Å². The molecule has 100 valence electrons. The van der Waals surface area contributed by atoms with Crippen molar-refractivity contribution in [2.75, 3.05) is 0 Å². The Bertz CT molecular complexity index is 29.1. The topological polar surface area (TPSA) is 310 Å². The van der Waals surface area contributed by atoms with Crippen LogP contribution in [0.3, 0.4) is 0 Å². The number of hydrogen-bond donors (Lipinski definition) is 6. The second-order valence-corrected chi connectivity index (χ2v) is 0.693. The van der Waals surface area contributed by atoms with Gasteiger partial charge in [0.25, 0.3) is 0 Å². The Kier molecular flexibility index (Phi) is 298. The molecule has 0 unspecified atom stereocenters. The van der Waals surface area contributed by atoms with Crippen LogP contribution in [0.1, 0.15) is 0 Å². The normalized spacial score (nSPS) is 3.60. The summed E-state index contributed by atoms with van der Waals surface area (Å²) >= 11 is 0. The van der Waals surface area contributed by atoms with E-state index in [-0.39, 0.29) is 70.6 Å². The molecule has 18 N–H and O–H groups in total. The van der Waals surface area contributed by atoms with E-state index in [0.29, 0.717) is 0 Å². The van der Waals surface area contributed by atoms with Gasteiger partial charge < -0.3 is 63.0 Å². The van der Waals surface area contributed by atoms with Crippen molar-refractivity contribution >= 4 is 52.4 Å². The third-order valence-corrected chi connectivity index (χ3v) is 0. The van der Waals surface area contributed by atoms with Crippen LogP contribution in [0.5, 0.6) is 0 Å². The van der Waals surface area contributed by atoms with Gasteiger partial charge in [-0.1, -0.05) is 0 Å². The van der Waals surface area contributed by atoms with E-state index in [9.17, 15) is 0 Å². The van der Waals surface area contributed by atoms with Crippen LogP contribution in [0, 0.1) is 0 Å². The van der Waals surface area contributed by atoms with Gasteiger partial charge in [-0.2, -0.15) is 0 Å². The summed E-state index contributed by atoms with van der Waals surface area (Å²) in [5.41, 5.74) is 0. The van der Waals surface area contributed by atoms with E-state index >= 15 is 0 Å². The monoisotopic (exact) mass is 274 g/mol. The second kappa shape index (κ2) is 60.4. The molecule has 0 aliphatic heterocycles. The second-order valence-electron chi connectivity index (χ2n) is 0.693. The number of hydrogen-bond acceptors (Lipinski definition) is 6. The third-order valence-electron chi connectivity index (χ3n) is 0. The summed E-state index contributed by atoms with van der Waals surface area (Å²) in [4.78, 5) is 0. The third kappa shape index (κ3) is 3000. The van der Waals surface area contributed by atoms with Gasteiger partial charge in [-0.3, -0.25) is 0 Å². The van der Waals surface area contributed by atoms with Crippen molar-refractivity contribution in [3.05, 3.63) is 0 Å². The molecule has 0 aromatic carbocycles. The average molecular weight is 274 g/mol. The van der Waals surface area contributed by atoms with Gasteiger partial charge in [0, 0.05) is 0 Å². The first-order valence-corrected chi connectivity index (χ1v) is 1.55. The Morgan fingerprint density at radius 3 is 0.400 bits per heavy atom. The molecule has 0 amide bonds. The molecule has 0 rings (SSSR count). The van der Waals surface area contributed by atoms with Crippen molar-refractivity contribution in [1.82, 2.24) is 0 Å². The molecule has 0 aromatic rings. The van der Waals surface area contributed by atoms with E-state index in [2.05, 4.69) is 0 Å². The predicted molar refractivity (Wildman–Crippen MR) is 55.0 cm³/mol. The molecule has 0 radical (unpaired) electrons. The number of rotatable bonds is 0. The van der Waals surface area contributed by atoms with Crippen LogP contribution in [0.15, 0.2) is 0 Å². The van der Waals surface area contributed by atoms with Gasteiger partial charge in [-0.15, -0.1) is 0 Å². The molecule has 0 spiro atoms. The molecular formula is H20B2CaO12. The molecule has 0 aliphatic carbocycles. The van der Waals surface area contributed by atoms with Crippen molar-refractivity contribution in [3.8, 4) is 0 Å². The zero-order chi connectivity index (χ0) is 7.15. The van der Waals surface area contributed by atoms with Gasteiger partial charge in [-0.25, -0.2) is 0 Å². The van der Waals surface area contributed by atoms with Crippen molar-refractivity contribution in [3.63, 3.8) is 0 Å². The molecule has 12 nitrogen and oxygen atoms in total. The molecule has 0 aromatic heterocycles. The van der Waals surface area contributed by atoms with E-state index in [1.807, 2.05) is 0 Å². The summed E-state index contributed by atoms with van der Waals surface area (Å²) in [6.07, 6.45) is 0. The van der Waals surface area contributed by atoms with Gasteiger partial charge in [0.05, 0.1) is 0 Å². The van der Waals surface area contributed by atoms with Gasteiger partial charge in [0.2, 0.25) is 0 Å². The maximum atomic E-state index is 7.17. The first kappa shape index (κ1) is 74.1. The summed E-state index contributed by atoms with van der Waals surface area (Å²) in [6, 6.07) is 0. The molecule has 0 saturated carbocycles. The molecule has 0 atom stereocenters. The maximum absolute atomic E-state index is 7.17. The Hall–Kier alpha value is 0.910. The molecular weight excluding hydrogens is 254 g/mol. The van der Waals surface area contributed by atoms with Crippen LogP contribution in [0.4, 0.5) is 0 Å². The van der Waals surface area contributed by atoms with Crippen molar-refractivity contribution in [2.45, 2.75) is 0 Å². The SMILES string of the molecule is O.O.O.O.O.O.OB(O)O.OB(O)O.[CaH2]. The van der Waals surface area contributed by atoms with Gasteiger partial charge in [0.15, 0.2) is 0 Å². The standard InChI is InChI=1S/2BH3O3.Ca.6H2O.2H/c2*2-1(3)4;;;;;;;;;/h2*2-4H;;6*1H2;;. The zero-order valence-electron chi connectivity index (χ0n) is 6.84. The zero-order valence-corrected chi connectivity index (χ0v) is 6.84. The van der Waals surface area contributed by atoms with Crippen LogP contribution in [-0.2, 0) is 0 Å². The summed E-state index contributed by atoms with van der Waals surface area (Å²) < 4.78 is 0. The van der Waals surface area contributed by atoms with Crippen molar-refractivity contribution < 1.29 is 63.0 Å².